The van der Waals surface area contributed by atoms with Gasteiger partial charge in [0.1, 0.15) is 5.75 Å². The van der Waals surface area contributed by atoms with Gasteiger partial charge in [-0.25, -0.2) is 0 Å². The number of anilines is 1. The van der Waals surface area contributed by atoms with Crippen LogP contribution in [0.2, 0.25) is 0 Å². The molecule has 1 amide bonds. The van der Waals surface area contributed by atoms with Crippen molar-refractivity contribution in [3.63, 3.8) is 0 Å². The topological polar surface area (TPSA) is 62.2 Å². The number of nitrogens with zero attached hydrogens (tertiary/aromatic N) is 1. The molecule has 0 bridgehead atoms. The number of aromatic hydroxyl groups is 1. The Balaban J connectivity index is 2.23. The van der Waals surface area contributed by atoms with Gasteiger partial charge in [0.25, 0.3) is 5.91 Å². The van der Waals surface area contributed by atoms with E-state index in [1.807, 2.05) is 6.92 Å². The molecule has 0 saturated carbocycles. The normalized spacial score (nSPS) is 9.94. The van der Waals surface area contributed by atoms with E-state index < -0.39 is 0 Å². The van der Waals surface area contributed by atoms with Crippen molar-refractivity contribution < 1.29 is 9.90 Å². The zero-order chi connectivity index (χ0) is 12.3. The van der Waals surface area contributed by atoms with E-state index in [2.05, 4.69) is 10.3 Å². The van der Waals surface area contributed by atoms with Gasteiger partial charge < -0.3 is 10.4 Å². The third-order valence-corrected chi connectivity index (χ3v) is 2.33. The molecule has 86 valence electrons. The first kappa shape index (κ1) is 11.1. The van der Waals surface area contributed by atoms with Gasteiger partial charge in [-0.15, -0.1) is 0 Å². The molecule has 4 nitrogen and oxygen atoms in total. The van der Waals surface area contributed by atoms with E-state index in [0.29, 0.717) is 5.69 Å². The lowest BCUT2D eigenvalue weighted by Gasteiger charge is -2.07. The number of carbonyl (C=O) groups is 1. The molecule has 1 aromatic carbocycles. The summed E-state index contributed by atoms with van der Waals surface area (Å²) in [5, 5.41) is 12.3. The van der Waals surface area contributed by atoms with Crippen LogP contribution in [0.15, 0.2) is 42.7 Å². The molecule has 2 rings (SSSR count). The van der Waals surface area contributed by atoms with Crippen molar-refractivity contribution in [2.24, 2.45) is 0 Å². The second-order valence-corrected chi connectivity index (χ2v) is 3.71. The maximum Gasteiger partial charge on any atom is 0.259 e. The predicted molar refractivity (Wildman–Crippen MR) is 65.0 cm³/mol. The van der Waals surface area contributed by atoms with Gasteiger partial charge in [-0.3, -0.25) is 9.78 Å². The first-order valence-electron chi connectivity index (χ1n) is 5.18. The van der Waals surface area contributed by atoms with Gasteiger partial charge in [-0.1, -0.05) is 11.6 Å². The summed E-state index contributed by atoms with van der Waals surface area (Å²) in [6, 6.07) is 8.27. The number of hydrogen-bond donors (Lipinski definition) is 2. The fourth-order valence-corrected chi connectivity index (χ4v) is 1.47. The standard InChI is InChI=1S/C13H12N2O2/c1-9-2-3-12(16)11(8-9)13(17)15-10-4-6-14-7-5-10/h2-8,16H,1H3,(H,14,15,17). The average molecular weight is 228 g/mol. The summed E-state index contributed by atoms with van der Waals surface area (Å²) in [5.41, 5.74) is 1.83. The minimum atomic E-state index is -0.336. The Morgan fingerprint density at radius 3 is 2.65 bits per heavy atom. The number of rotatable bonds is 2. The van der Waals surface area contributed by atoms with E-state index in [1.165, 1.54) is 6.07 Å². The Labute approximate surface area is 98.9 Å². The van der Waals surface area contributed by atoms with Gasteiger partial charge in [0, 0.05) is 18.1 Å². The van der Waals surface area contributed by atoms with Crippen LogP contribution in [0.25, 0.3) is 0 Å². The van der Waals surface area contributed by atoms with Crippen LogP contribution in [0.4, 0.5) is 5.69 Å². The Morgan fingerprint density at radius 2 is 1.94 bits per heavy atom. The SMILES string of the molecule is Cc1ccc(O)c(C(=O)Nc2ccncc2)c1. The number of phenolic OH excluding ortho intramolecular Hbond substituents is 1. The van der Waals surface area contributed by atoms with Crippen LogP contribution in [0.3, 0.4) is 0 Å². The molecular weight excluding hydrogens is 216 g/mol. The van der Waals surface area contributed by atoms with Crippen molar-refractivity contribution in [1.29, 1.82) is 0 Å². The number of aryl methyl sites for hydroxylation is 1. The highest BCUT2D eigenvalue weighted by molar-refractivity contribution is 6.06. The maximum absolute atomic E-state index is 11.9. The van der Waals surface area contributed by atoms with Crippen LogP contribution in [-0.4, -0.2) is 16.0 Å². The van der Waals surface area contributed by atoms with E-state index >= 15 is 0 Å². The lowest BCUT2D eigenvalue weighted by Crippen LogP contribution is -2.12. The van der Waals surface area contributed by atoms with Crippen LogP contribution in [0.5, 0.6) is 5.75 Å². The second-order valence-electron chi connectivity index (χ2n) is 3.71. The molecule has 1 heterocycles. The van der Waals surface area contributed by atoms with Gasteiger partial charge in [-0.05, 0) is 31.2 Å². The number of nitrogens with one attached hydrogen (secondary N) is 1. The third-order valence-electron chi connectivity index (χ3n) is 2.33. The maximum atomic E-state index is 11.9. The molecule has 2 N–H and O–H groups in total. The third kappa shape index (κ3) is 2.60. The lowest BCUT2D eigenvalue weighted by molar-refractivity contribution is 0.102. The number of aromatic nitrogens is 1. The predicted octanol–water partition coefficient (Wildman–Crippen LogP) is 2.35. The smallest absolute Gasteiger partial charge is 0.259 e. The number of phenols is 1. The molecule has 0 aliphatic carbocycles. The molecule has 0 fully saturated rings. The first-order chi connectivity index (χ1) is 8.16. The van der Waals surface area contributed by atoms with E-state index in [0.717, 1.165) is 5.56 Å². The first-order valence-corrected chi connectivity index (χ1v) is 5.18. The molecule has 0 atom stereocenters. The number of carbonyl (C=O) groups excluding carboxylic acids is 1. The summed E-state index contributed by atoms with van der Waals surface area (Å²) in [4.78, 5) is 15.8. The van der Waals surface area contributed by atoms with E-state index in [1.54, 1.807) is 36.7 Å². The van der Waals surface area contributed by atoms with Crippen molar-refractivity contribution in [1.82, 2.24) is 4.98 Å². The molecule has 2 aromatic rings. The Hall–Kier alpha value is -2.36. The van der Waals surface area contributed by atoms with E-state index in [-0.39, 0.29) is 17.2 Å². The molecule has 17 heavy (non-hydrogen) atoms. The highest BCUT2D eigenvalue weighted by Gasteiger charge is 2.11. The van der Waals surface area contributed by atoms with Crippen molar-refractivity contribution in [2.45, 2.75) is 6.92 Å². The number of benzene rings is 1. The summed E-state index contributed by atoms with van der Waals surface area (Å²) in [6.07, 6.45) is 3.18. The van der Waals surface area contributed by atoms with Gasteiger partial charge >= 0.3 is 0 Å². The minimum Gasteiger partial charge on any atom is -0.507 e. The van der Waals surface area contributed by atoms with Crippen LogP contribution in [-0.2, 0) is 0 Å². The summed E-state index contributed by atoms with van der Waals surface area (Å²) < 4.78 is 0. The fraction of sp³-hybridized carbons (Fsp3) is 0.0769. The molecule has 0 aliphatic rings. The largest absolute Gasteiger partial charge is 0.507 e. The fourth-order valence-electron chi connectivity index (χ4n) is 1.47. The Bertz CT molecular complexity index is 538. The van der Waals surface area contributed by atoms with Crippen molar-refractivity contribution >= 4 is 11.6 Å². The van der Waals surface area contributed by atoms with Gasteiger partial charge in [0.05, 0.1) is 5.56 Å². The summed E-state index contributed by atoms with van der Waals surface area (Å²) >= 11 is 0. The molecule has 0 unspecified atom stereocenters. The molecule has 1 aromatic heterocycles. The number of amides is 1. The quantitative estimate of drug-likeness (QED) is 0.829. The summed E-state index contributed by atoms with van der Waals surface area (Å²) in [5.74, 6) is -0.362. The number of pyridine rings is 1. The molecule has 0 aliphatic heterocycles. The molecular formula is C13H12N2O2. The highest BCUT2D eigenvalue weighted by Crippen LogP contribution is 2.19. The van der Waals surface area contributed by atoms with Crippen molar-refractivity contribution in [3.05, 3.63) is 53.9 Å². The number of hydrogen-bond acceptors (Lipinski definition) is 3. The van der Waals surface area contributed by atoms with Crippen molar-refractivity contribution in [2.75, 3.05) is 5.32 Å². The zero-order valence-corrected chi connectivity index (χ0v) is 9.34. The molecule has 0 saturated heterocycles. The molecule has 0 radical (unpaired) electrons. The molecule has 0 spiro atoms. The summed E-state index contributed by atoms with van der Waals surface area (Å²) in [7, 11) is 0. The average Bonchev–Trinajstić information content (AvgIpc) is 2.33. The van der Waals surface area contributed by atoms with E-state index in [4.69, 9.17) is 0 Å². The van der Waals surface area contributed by atoms with Crippen molar-refractivity contribution in [3.8, 4) is 5.75 Å². The van der Waals surface area contributed by atoms with Crippen LogP contribution in [0, 0.1) is 6.92 Å². The van der Waals surface area contributed by atoms with E-state index in [9.17, 15) is 9.90 Å². The Kier molecular flexibility index (Phi) is 3.05. The zero-order valence-electron chi connectivity index (χ0n) is 9.34. The van der Waals surface area contributed by atoms with Crippen LogP contribution < -0.4 is 5.32 Å². The van der Waals surface area contributed by atoms with Gasteiger partial charge in [0.15, 0.2) is 0 Å². The minimum absolute atomic E-state index is 0.0258. The lowest BCUT2D eigenvalue weighted by atomic mass is 10.1. The van der Waals surface area contributed by atoms with Crippen LogP contribution in [0.1, 0.15) is 15.9 Å². The summed E-state index contributed by atoms with van der Waals surface area (Å²) in [6.45, 7) is 1.86. The van der Waals surface area contributed by atoms with Gasteiger partial charge in [0.2, 0.25) is 0 Å². The Morgan fingerprint density at radius 1 is 1.24 bits per heavy atom. The monoisotopic (exact) mass is 228 g/mol. The van der Waals surface area contributed by atoms with Crippen LogP contribution >= 0.6 is 0 Å². The highest BCUT2D eigenvalue weighted by atomic mass is 16.3. The molecule has 4 heteroatoms. The van der Waals surface area contributed by atoms with Gasteiger partial charge in [-0.2, -0.15) is 0 Å². The second kappa shape index (κ2) is 4.65.